The zero-order valence-corrected chi connectivity index (χ0v) is 13.4. The highest BCUT2D eigenvalue weighted by Gasteiger charge is 2.35. The lowest BCUT2D eigenvalue weighted by atomic mass is 9.88. The van der Waals surface area contributed by atoms with Crippen molar-refractivity contribution in [3.63, 3.8) is 0 Å². The minimum Gasteiger partial charge on any atom is -0.366 e. The number of nitrogens with one attached hydrogen (secondary N) is 1. The molecule has 19 heavy (non-hydrogen) atoms. The Hall–Kier alpha value is -0.670. The Morgan fingerprint density at radius 3 is 2.74 bits per heavy atom. The second-order valence-corrected chi connectivity index (χ2v) is 6.43. The highest BCUT2D eigenvalue weighted by Crippen LogP contribution is 2.29. The van der Waals surface area contributed by atoms with E-state index in [9.17, 15) is 0 Å². The maximum atomic E-state index is 3.76. The summed E-state index contributed by atoms with van der Waals surface area (Å²) < 4.78 is 0. The fourth-order valence-electron chi connectivity index (χ4n) is 2.87. The maximum absolute atomic E-state index is 3.76. The van der Waals surface area contributed by atoms with Crippen LogP contribution in [-0.2, 0) is 0 Å². The number of rotatable bonds is 4. The van der Waals surface area contributed by atoms with Gasteiger partial charge in [-0.2, -0.15) is 0 Å². The normalized spacial score (nSPS) is 22.5. The van der Waals surface area contributed by atoms with Gasteiger partial charge in [0.15, 0.2) is 0 Å². The molecule has 1 unspecified atom stereocenters. The Bertz CT molecular complexity index is 415. The van der Waals surface area contributed by atoms with Crippen molar-refractivity contribution in [3.8, 4) is 0 Å². The van der Waals surface area contributed by atoms with Crippen LogP contribution in [0.15, 0.2) is 29.2 Å². The van der Waals surface area contributed by atoms with Crippen LogP contribution in [0.3, 0.4) is 0 Å². The standard InChI is InChI=1S/C16H26N2S/c1-5-16(6-2)12-18(13(3)11-17-16)14-8-7-9-15(10-14)19-4/h7-10,13,17H,5-6,11-12H2,1-4H3. The molecule has 2 nitrogen and oxygen atoms in total. The van der Waals surface area contributed by atoms with Gasteiger partial charge in [-0.15, -0.1) is 11.8 Å². The largest absolute Gasteiger partial charge is 0.366 e. The van der Waals surface area contributed by atoms with E-state index in [0.29, 0.717) is 6.04 Å². The fourth-order valence-corrected chi connectivity index (χ4v) is 3.32. The average molecular weight is 278 g/mol. The van der Waals surface area contributed by atoms with Gasteiger partial charge in [-0.25, -0.2) is 0 Å². The topological polar surface area (TPSA) is 15.3 Å². The van der Waals surface area contributed by atoms with Gasteiger partial charge in [0.25, 0.3) is 0 Å². The minimum absolute atomic E-state index is 0.280. The predicted octanol–water partition coefficient (Wildman–Crippen LogP) is 3.77. The summed E-state index contributed by atoms with van der Waals surface area (Å²) in [6.45, 7) is 9.09. The third-order valence-electron chi connectivity index (χ3n) is 4.52. The molecule has 0 saturated carbocycles. The monoisotopic (exact) mass is 278 g/mol. The van der Waals surface area contributed by atoms with E-state index in [1.54, 1.807) is 0 Å². The first kappa shape index (κ1) is 14.7. The zero-order chi connectivity index (χ0) is 13.9. The molecule has 0 bridgehead atoms. The van der Waals surface area contributed by atoms with Crippen molar-refractivity contribution in [1.82, 2.24) is 5.32 Å². The van der Waals surface area contributed by atoms with Crippen LogP contribution < -0.4 is 10.2 Å². The first-order valence-corrected chi connectivity index (χ1v) is 8.52. The molecule has 1 fully saturated rings. The first-order chi connectivity index (χ1) is 9.14. The number of anilines is 1. The summed E-state index contributed by atoms with van der Waals surface area (Å²) in [5, 5.41) is 3.76. The van der Waals surface area contributed by atoms with Crippen LogP contribution in [0.4, 0.5) is 5.69 Å². The van der Waals surface area contributed by atoms with Crippen molar-refractivity contribution in [2.45, 2.75) is 50.1 Å². The van der Waals surface area contributed by atoms with Gasteiger partial charge in [0, 0.05) is 35.3 Å². The summed E-state index contributed by atoms with van der Waals surface area (Å²) in [6.07, 6.45) is 4.52. The summed E-state index contributed by atoms with van der Waals surface area (Å²) in [5.41, 5.74) is 1.65. The molecule has 1 aromatic carbocycles. The highest BCUT2D eigenvalue weighted by molar-refractivity contribution is 7.98. The van der Waals surface area contributed by atoms with E-state index in [-0.39, 0.29) is 5.54 Å². The van der Waals surface area contributed by atoms with Crippen molar-refractivity contribution >= 4 is 17.4 Å². The molecular formula is C16H26N2S. The van der Waals surface area contributed by atoms with Crippen molar-refractivity contribution < 1.29 is 0 Å². The lowest BCUT2D eigenvalue weighted by Crippen LogP contribution is -2.63. The first-order valence-electron chi connectivity index (χ1n) is 7.30. The van der Waals surface area contributed by atoms with Gasteiger partial charge in [0.05, 0.1) is 0 Å². The molecule has 1 aliphatic heterocycles. The number of hydrogen-bond acceptors (Lipinski definition) is 3. The third kappa shape index (κ3) is 3.09. The molecule has 1 aliphatic rings. The third-order valence-corrected chi connectivity index (χ3v) is 5.24. The Labute approximate surface area is 122 Å². The van der Waals surface area contributed by atoms with Gasteiger partial charge in [-0.1, -0.05) is 19.9 Å². The van der Waals surface area contributed by atoms with Crippen LogP contribution in [0.1, 0.15) is 33.6 Å². The van der Waals surface area contributed by atoms with Gasteiger partial charge in [-0.05, 0) is 44.2 Å². The zero-order valence-electron chi connectivity index (χ0n) is 12.6. The molecule has 1 saturated heterocycles. The van der Waals surface area contributed by atoms with Gasteiger partial charge in [-0.3, -0.25) is 0 Å². The smallest absolute Gasteiger partial charge is 0.0387 e. The molecule has 1 heterocycles. The van der Waals surface area contributed by atoms with Gasteiger partial charge in [0.2, 0.25) is 0 Å². The summed E-state index contributed by atoms with van der Waals surface area (Å²) in [6, 6.07) is 9.49. The molecule has 1 aromatic rings. The molecule has 2 rings (SSSR count). The number of nitrogens with zero attached hydrogens (tertiary/aromatic N) is 1. The molecule has 1 N–H and O–H groups in total. The van der Waals surface area contributed by atoms with Gasteiger partial charge in [0.1, 0.15) is 0 Å². The van der Waals surface area contributed by atoms with E-state index < -0.39 is 0 Å². The molecule has 106 valence electrons. The summed E-state index contributed by atoms with van der Waals surface area (Å²) >= 11 is 1.82. The lowest BCUT2D eigenvalue weighted by molar-refractivity contribution is 0.254. The average Bonchev–Trinajstić information content (AvgIpc) is 2.48. The van der Waals surface area contributed by atoms with Gasteiger partial charge < -0.3 is 10.2 Å². The van der Waals surface area contributed by atoms with E-state index in [1.807, 2.05) is 11.8 Å². The van der Waals surface area contributed by atoms with Crippen LogP contribution in [0.25, 0.3) is 0 Å². The summed E-state index contributed by atoms with van der Waals surface area (Å²) in [7, 11) is 0. The molecular weight excluding hydrogens is 252 g/mol. The van der Waals surface area contributed by atoms with Crippen molar-refractivity contribution in [3.05, 3.63) is 24.3 Å². The van der Waals surface area contributed by atoms with Crippen LogP contribution in [0.5, 0.6) is 0 Å². The predicted molar refractivity (Wildman–Crippen MR) is 86.3 cm³/mol. The molecule has 0 amide bonds. The summed E-state index contributed by atoms with van der Waals surface area (Å²) in [5.74, 6) is 0. The number of piperazine rings is 1. The van der Waals surface area contributed by atoms with E-state index in [4.69, 9.17) is 0 Å². The quantitative estimate of drug-likeness (QED) is 0.844. The molecule has 3 heteroatoms. The highest BCUT2D eigenvalue weighted by atomic mass is 32.2. The molecule has 0 aliphatic carbocycles. The number of benzene rings is 1. The van der Waals surface area contributed by atoms with E-state index in [0.717, 1.165) is 13.1 Å². The number of thioether (sulfide) groups is 1. The van der Waals surface area contributed by atoms with E-state index >= 15 is 0 Å². The Balaban J connectivity index is 2.25. The van der Waals surface area contributed by atoms with Crippen LogP contribution in [0, 0.1) is 0 Å². The molecule has 1 atom stereocenters. The minimum atomic E-state index is 0.280. The fraction of sp³-hybridized carbons (Fsp3) is 0.625. The van der Waals surface area contributed by atoms with Crippen molar-refractivity contribution in [1.29, 1.82) is 0 Å². The van der Waals surface area contributed by atoms with Crippen molar-refractivity contribution in [2.24, 2.45) is 0 Å². The Morgan fingerprint density at radius 1 is 1.37 bits per heavy atom. The second kappa shape index (κ2) is 6.19. The molecule has 0 radical (unpaired) electrons. The molecule has 0 spiro atoms. The molecule has 0 aromatic heterocycles. The maximum Gasteiger partial charge on any atom is 0.0387 e. The van der Waals surface area contributed by atoms with Crippen molar-refractivity contribution in [2.75, 3.05) is 24.2 Å². The van der Waals surface area contributed by atoms with Crippen LogP contribution >= 0.6 is 11.8 Å². The Morgan fingerprint density at radius 2 is 2.11 bits per heavy atom. The van der Waals surface area contributed by atoms with Crippen LogP contribution in [-0.4, -0.2) is 30.9 Å². The van der Waals surface area contributed by atoms with Crippen LogP contribution in [0.2, 0.25) is 0 Å². The van der Waals surface area contributed by atoms with E-state index in [2.05, 4.69) is 61.5 Å². The Kier molecular flexibility index (Phi) is 4.80. The van der Waals surface area contributed by atoms with E-state index in [1.165, 1.54) is 23.4 Å². The van der Waals surface area contributed by atoms with Gasteiger partial charge >= 0.3 is 0 Å². The second-order valence-electron chi connectivity index (χ2n) is 5.55. The SMILES string of the molecule is CCC1(CC)CN(c2cccc(SC)c2)C(C)CN1. The summed E-state index contributed by atoms with van der Waals surface area (Å²) in [4.78, 5) is 3.92. The number of hydrogen-bond donors (Lipinski definition) is 1. The lowest BCUT2D eigenvalue weighted by Gasteiger charge is -2.47.